The van der Waals surface area contributed by atoms with Gasteiger partial charge in [-0.05, 0) is 18.6 Å². The van der Waals surface area contributed by atoms with E-state index in [-0.39, 0.29) is 5.91 Å². The van der Waals surface area contributed by atoms with E-state index in [0.717, 1.165) is 43.3 Å². The summed E-state index contributed by atoms with van der Waals surface area (Å²) in [6, 6.07) is 13.8. The molecule has 1 aromatic carbocycles. The summed E-state index contributed by atoms with van der Waals surface area (Å²) in [4.78, 5) is 15.7. The maximum Gasteiger partial charge on any atom is 0.222 e. The Morgan fingerprint density at radius 3 is 2.72 bits per heavy atom. The monoisotopic (exact) mass is 336 g/mol. The minimum absolute atomic E-state index is 0.252. The van der Waals surface area contributed by atoms with E-state index in [1.807, 2.05) is 54.4 Å². The van der Waals surface area contributed by atoms with E-state index in [9.17, 15) is 4.79 Å². The molecular formula is C18H20N6O. The first kappa shape index (κ1) is 15.6. The highest BCUT2D eigenvalue weighted by molar-refractivity contribution is 5.78. The Balaban J connectivity index is 1.56. The summed E-state index contributed by atoms with van der Waals surface area (Å²) in [5.41, 5.74) is 1.69. The van der Waals surface area contributed by atoms with Crippen molar-refractivity contribution in [1.82, 2.24) is 24.7 Å². The van der Waals surface area contributed by atoms with Crippen molar-refractivity contribution < 1.29 is 4.79 Å². The Bertz CT molecular complexity index is 891. The molecule has 7 nitrogen and oxygen atoms in total. The van der Waals surface area contributed by atoms with Crippen LogP contribution in [0.2, 0.25) is 0 Å². The number of hydrogen-bond donors (Lipinski definition) is 0. The fraction of sp³-hybridized carbons (Fsp3) is 0.333. The molecular weight excluding hydrogens is 316 g/mol. The second kappa shape index (κ2) is 6.51. The van der Waals surface area contributed by atoms with Gasteiger partial charge in [-0.1, -0.05) is 30.3 Å². The molecule has 1 saturated heterocycles. The van der Waals surface area contributed by atoms with Crippen molar-refractivity contribution in [3.63, 3.8) is 0 Å². The van der Waals surface area contributed by atoms with E-state index in [2.05, 4.69) is 20.2 Å². The number of likely N-dealkylation sites (tertiary alicyclic amines) is 1. The number of rotatable bonds is 5. The number of hydrogen-bond acceptors (Lipinski definition) is 5. The van der Waals surface area contributed by atoms with Crippen LogP contribution < -0.4 is 4.90 Å². The lowest BCUT2D eigenvalue weighted by molar-refractivity contribution is -0.127. The van der Waals surface area contributed by atoms with Gasteiger partial charge in [-0.25, -0.2) is 0 Å². The first-order chi connectivity index (χ1) is 12.2. The first-order valence-electron chi connectivity index (χ1n) is 8.49. The molecule has 0 radical (unpaired) electrons. The third kappa shape index (κ3) is 3.05. The number of benzene rings is 1. The quantitative estimate of drug-likeness (QED) is 0.711. The molecule has 1 aliphatic heterocycles. The molecule has 25 heavy (non-hydrogen) atoms. The van der Waals surface area contributed by atoms with Crippen LogP contribution in [0.4, 0.5) is 5.82 Å². The molecule has 0 N–H and O–H groups in total. The highest BCUT2D eigenvalue weighted by atomic mass is 16.2. The molecule has 0 atom stereocenters. The van der Waals surface area contributed by atoms with Crippen molar-refractivity contribution in [3.05, 3.63) is 42.5 Å². The molecule has 0 spiro atoms. The van der Waals surface area contributed by atoms with Crippen LogP contribution in [-0.4, -0.2) is 57.3 Å². The second-order valence-corrected chi connectivity index (χ2v) is 6.26. The normalized spacial score (nSPS) is 14.4. The minimum atomic E-state index is 0.252. The molecule has 7 heteroatoms. The Hall–Kier alpha value is -2.96. The van der Waals surface area contributed by atoms with Crippen molar-refractivity contribution in [1.29, 1.82) is 0 Å². The highest BCUT2D eigenvalue weighted by Gasteiger charge is 2.20. The van der Waals surface area contributed by atoms with Crippen LogP contribution >= 0.6 is 0 Å². The van der Waals surface area contributed by atoms with E-state index in [1.165, 1.54) is 0 Å². The summed E-state index contributed by atoms with van der Waals surface area (Å²) in [6.07, 6.45) is 1.64. The number of carbonyl (C=O) groups excluding carboxylic acids is 1. The maximum absolute atomic E-state index is 11.7. The Morgan fingerprint density at radius 2 is 1.96 bits per heavy atom. The Kier molecular flexibility index (Phi) is 4.05. The first-order valence-corrected chi connectivity index (χ1v) is 8.49. The summed E-state index contributed by atoms with van der Waals surface area (Å²) in [6.45, 7) is 2.33. The molecule has 1 amide bonds. The predicted molar refractivity (Wildman–Crippen MR) is 95.3 cm³/mol. The predicted octanol–water partition coefficient (Wildman–Crippen LogP) is 1.85. The highest BCUT2D eigenvalue weighted by Crippen LogP contribution is 2.19. The number of aromatic nitrogens is 4. The van der Waals surface area contributed by atoms with Crippen molar-refractivity contribution in [2.75, 3.05) is 31.6 Å². The zero-order valence-electron chi connectivity index (χ0n) is 14.2. The molecule has 1 fully saturated rings. The van der Waals surface area contributed by atoms with E-state index in [1.54, 1.807) is 4.52 Å². The molecule has 0 aliphatic carbocycles. The van der Waals surface area contributed by atoms with Crippen molar-refractivity contribution in [3.8, 4) is 11.4 Å². The molecule has 2 aromatic heterocycles. The molecule has 1 aliphatic rings. The van der Waals surface area contributed by atoms with Gasteiger partial charge in [0, 0.05) is 38.7 Å². The summed E-state index contributed by atoms with van der Waals surface area (Å²) < 4.78 is 1.77. The number of amides is 1. The van der Waals surface area contributed by atoms with Gasteiger partial charge in [0.1, 0.15) is 5.82 Å². The van der Waals surface area contributed by atoms with Crippen molar-refractivity contribution in [2.24, 2.45) is 0 Å². The van der Waals surface area contributed by atoms with Gasteiger partial charge in [0.05, 0.1) is 0 Å². The SMILES string of the molecule is CN(CCN1CCCC1=O)c1ccc2nnc(-c3ccccc3)n2n1. The number of anilines is 1. The van der Waals surface area contributed by atoms with Gasteiger partial charge >= 0.3 is 0 Å². The number of fused-ring (bicyclic) bond motifs is 1. The zero-order chi connectivity index (χ0) is 17.2. The Morgan fingerprint density at radius 1 is 1.12 bits per heavy atom. The molecule has 0 unspecified atom stereocenters. The van der Waals surface area contributed by atoms with Gasteiger partial charge in [-0.15, -0.1) is 15.3 Å². The molecule has 3 heterocycles. The van der Waals surface area contributed by atoms with E-state index in [0.29, 0.717) is 12.1 Å². The third-order valence-corrected chi connectivity index (χ3v) is 4.55. The number of nitrogens with zero attached hydrogens (tertiary/aromatic N) is 6. The molecule has 3 aromatic rings. The summed E-state index contributed by atoms with van der Waals surface area (Å²) in [7, 11) is 1.99. The average molecular weight is 336 g/mol. The molecule has 128 valence electrons. The largest absolute Gasteiger partial charge is 0.356 e. The van der Waals surface area contributed by atoms with Gasteiger partial charge in [-0.2, -0.15) is 4.52 Å². The molecule has 0 bridgehead atoms. The second-order valence-electron chi connectivity index (χ2n) is 6.26. The fourth-order valence-electron chi connectivity index (χ4n) is 3.08. The number of carbonyl (C=O) groups is 1. The number of likely N-dealkylation sites (N-methyl/N-ethyl adjacent to an activating group) is 1. The van der Waals surface area contributed by atoms with Crippen molar-refractivity contribution >= 4 is 17.4 Å². The standard InChI is InChI=1S/C18H20N6O/c1-22(12-13-23-11-5-8-17(23)25)16-10-9-15-19-20-18(24(15)21-16)14-6-3-2-4-7-14/h2-4,6-7,9-10H,5,8,11-13H2,1H3. The third-order valence-electron chi connectivity index (χ3n) is 4.55. The minimum Gasteiger partial charge on any atom is -0.356 e. The summed E-state index contributed by atoms with van der Waals surface area (Å²) in [5.74, 6) is 1.80. The summed E-state index contributed by atoms with van der Waals surface area (Å²) in [5, 5.41) is 13.1. The van der Waals surface area contributed by atoms with Crippen LogP contribution in [0.5, 0.6) is 0 Å². The molecule has 0 saturated carbocycles. The maximum atomic E-state index is 11.7. The van der Waals surface area contributed by atoms with E-state index in [4.69, 9.17) is 0 Å². The van der Waals surface area contributed by atoms with Crippen LogP contribution in [0, 0.1) is 0 Å². The van der Waals surface area contributed by atoms with Crippen LogP contribution in [0.3, 0.4) is 0 Å². The fourth-order valence-corrected chi connectivity index (χ4v) is 3.08. The van der Waals surface area contributed by atoms with Gasteiger partial charge in [0.25, 0.3) is 0 Å². The summed E-state index contributed by atoms with van der Waals surface area (Å²) >= 11 is 0. The van der Waals surface area contributed by atoms with Crippen LogP contribution in [0.1, 0.15) is 12.8 Å². The smallest absolute Gasteiger partial charge is 0.222 e. The van der Waals surface area contributed by atoms with Gasteiger partial charge < -0.3 is 9.80 Å². The van der Waals surface area contributed by atoms with Crippen LogP contribution in [0.25, 0.3) is 17.0 Å². The Labute approximate surface area is 145 Å². The van der Waals surface area contributed by atoms with Crippen LogP contribution in [-0.2, 0) is 4.79 Å². The van der Waals surface area contributed by atoms with E-state index < -0.39 is 0 Å². The lowest BCUT2D eigenvalue weighted by Gasteiger charge is -2.22. The molecule has 4 rings (SSSR count). The lowest BCUT2D eigenvalue weighted by atomic mass is 10.2. The van der Waals surface area contributed by atoms with Crippen molar-refractivity contribution in [2.45, 2.75) is 12.8 Å². The van der Waals surface area contributed by atoms with Gasteiger partial charge in [0.2, 0.25) is 5.91 Å². The zero-order valence-corrected chi connectivity index (χ0v) is 14.2. The van der Waals surface area contributed by atoms with Crippen LogP contribution in [0.15, 0.2) is 42.5 Å². The van der Waals surface area contributed by atoms with E-state index >= 15 is 0 Å². The average Bonchev–Trinajstić information content (AvgIpc) is 3.25. The van der Waals surface area contributed by atoms with Gasteiger partial charge in [0.15, 0.2) is 11.5 Å². The lowest BCUT2D eigenvalue weighted by Crippen LogP contribution is -2.34. The van der Waals surface area contributed by atoms with Gasteiger partial charge in [-0.3, -0.25) is 4.79 Å². The topological polar surface area (TPSA) is 66.6 Å².